The van der Waals surface area contributed by atoms with Crippen molar-refractivity contribution in [3.8, 4) is 0 Å². The molecule has 1 aromatic rings. The lowest BCUT2D eigenvalue weighted by Gasteiger charge is -2.32. The van der Waals surface area contributed by atoms with E-state index in [9.17, 15) is 0 Å². The minimum Gasteiger partial charge on any atom is -0.356 e. The molecule has 1 aliphatic rings. The highest BCUT2D eigenvalue weighted by Crippen LogP contribution is 2.18. The third-order valence-electron chi connectivity index (χ3n) is 3.58. The van der Waals surface area contributed by atoms with Crippen molar-refractivity contribution in [3.63, 3.8) is 0 Å². The summed E-state index contributed by atoms with van der Waals surface area (Å²) < 4.78 is 2.25. The Hall–Kier alpha value is -1.03. The molecule has 1 unspecified atom stereocenters. The van der Waals surface area contributed by atoms with Crippen molar-refractivity contribution in [3.05, 3.63) is 12.4 Å². The topological polar surface area (TPSA) is 33.1 Å². The third-order valence-corrected chi connectivity index (χ3v) is 3.58. The predicted molar refractivity (Wildman–Crippen MR) is 71.3 cm³/mol. The summed E-state index contributed by atoms with van der Waals surface area (Å²) in [7, 11) is 2.24. The molecule has 0 amide bonds. The molecule has 0 radical (unpaired) electrons. The standard InChI is InChI=1S/C13H24N4/c1-3-7-14-13-15-8-10-17(13)11-12-6-4-5-9-16(12)2/h8,10,12H,3-7,9,11H2,1-2H3,(H,14,15). The monoisotopic (exact) mass is 236 g/mol. The lowest BCUT2D eigenvalue weighted by Crippen LogP contribution is -2.39. The number of aromatic nitrogens is 2. The number of imidazole rings is 1. The van der Waals surface area contributed by atoms with Crippen molar-refractivity contribution in [2.24, 2.45) is 0 Å². The van der Waals surface area contributed by atoms with Gasteiger partial charge in [0.1, 0.15) is 0 Å². The summed E-state index contributed by atoms with van der Waals surface area (Å²) >= 11 is 0. The molecule has 1 aliphatic heterocycles. The fourth-order valence-corrected chi connectivity index (χ4v) is 2.46. The van der Waals surface area contributed by atoms with Gasteiger partial charge in [-0.15, -0.1) is 0 Å². The van der Waals surface area contributed by atoms with E-state index in [-0.39, 0.29) is 0 Å². The van der Waals surface area contributed by atoms with Crippen LogP contribution in [0.2, 0.25) is 0 Å². The average Bonchev–Trinajstić information content (AvgIpc) is 2.77. The van der Waals surface area contributed by atoms with Crippen LogP contribution in [0.5, 0.6) is 0 Å². The number of rotatable bonds is 5. The van der Waals surface area contributed by atoms with Crippen molar-refractivity contribution < 1.29 is 0 Å². The molecule has 0 aromatic carbocycles. The average molecular weight is 236 g/mol. The molecule has 0 spiro atoms. The fraction of sp³-hybridized carbons (Fsp3) is 0.769. The van der Waals surface area contributed by atoms with Gasteiger partial charge in [0.2, 0.25) is 5.95 Å². The SMILES string of the molecule is CCCNc1nccn1CC1CCCCN1C. The van der Waals surface area contributed by atoms with Crippen molar-refractivity contribution in [1.82, 2.24) is 14.5 Å². The third kappa shape index (κ3) is 3.22. The zero-order valence-corrected chi connectivity index (χ0v) is 11.0. The van der Waals surface area contributed by atoms with E-state index in [0.29, 0.717) is 6.04 Å². The lowest BCUT2D eigenvalue weighted by atomic mass is 10.0. The fourth-order valence-electron chi connectivity index (χ4n) is 2.46. The maximum absolute atomic E-state index is 4.38. The molecule has 1 atom stereocenters. The molecule has 1 aromatic heterocycles. The number of anilines is 1. The molecule has 1 N–H and O–H groups in total. The highest BCUT2D eigenvalue weighted by atomic mass is 15.2. The highest BCUT2D eigenvalue weighted by molar-refractivity contribution is 5.25. The number of nitrogens with one attached hydrogen (secondary N) is 1. The number of nitrogens with zero attached hydrogens (tertiary/aromatic N) is 3. The Kier molecular flexibility index (Phi) is 4.42. The molecule has 0 aliphatic carbocycles. The lowest BCUT2D eigenvalue weighted by molar-refractivity contribution is 0.168. The maximum Gasteiger partial charge on any atom is 0.202 e. The molecule has 4 heteroatoms. The van der Waals surface area contributed by atoms with E-state index in [4.69, 9.17) is 0 Å². The van der Waals surface area contributed by atoms with E-state index in [1.165, 1.54) is 25.8 Å². The first kappa shape index (κ1) is 12.4. The van der Waals surface area contributed by atoms with Gasteiger partial charge in [-0.05, 0) is 32.9 Å². The molecule has 0 saturated carbocycles. The number of hydrogen-bond donors (Lipinski definition) is 1. The Morgan fingerprint density at radius 1 is 1.47 bits per heavy atom. The first-order chi connectivity index (χ1) is 8.31. The van der Waals surface area contributed by atoms with Gasteiger partial charge in [0.15, 0.2) is 0 Å². The van der Waals surface area contributed by atoms with Crippen LogP contribution in [-0.4, -0.2) is 40.6 Å². The number of hydrogen-bond acceptors (Lipinski definition) is 3. The Labute approximate surface area is 104 Å². The first-order valence-electron chi connectivity index (χ1n) is 6.76. The summed E-state index contributed by atoms with van der Waals surface area (Å²) in [4.78, 5) is 6.86. The summed E-state index contributed by atoms with van der Waals surface area (Å²) in [5, 5.41) is 3.38. The van der Waals surface area contributed by atoms with E-state index in [0.717, 1.165) is 25.5 Å². The molecule has 0 bridgehead atoms. The summed E-state index contributed by atoms with van der Waals surface area (Å²) in [6.07, 6.45) is 9.12. The van der Waals surface area contributed by atoms with E-state index in [1.54, 1.807) is 0 Å². The van der Waals surface area contributed by atoms with Crippen molar-refractivity contribution in [2.45, 2.75) is 45.2 Å². The van der Waals surface area contributed by atoms with Crippen LogP contribution >= 0.6 is 0 Å². The van der Waals surface area contributed by atoms with E-state index >= 15 is 0 Å². The molecule has 2 rings (SSSR count). The van der Waals surface area contributed by atoms with Gasteiger partial charge in [0.25, 0.3) is 0 Å². The molecule has 1 fully saturated rings. The van der Waals surface area contributed by atoms with Crippen molar-refractivity contribution >= 4 is 5.95 Å². The summed E-state index contributed by atoms with van der Waals surface area (Å²) in [5.41, 5.74) is 0. The van der Waals surface area contributed by atoms with Gasteiger partial charge in [-0.3, -0.25) is 0 Å². The number of likely N-dealkylation sites (N-methyl/N-ethyl adjacent to an activating group) is 1. The maximum atomic E-state index is 4.38. The van der Waals surface area contributed by atoms with E-state index < -0.39 is 0 Å². The van der Waals surface area contributed by atoms with E-state index in [2.05, 4.69) is 39.9 Å². The number of likely N-dealkylation sites (tertiary alicyclic amines) is 1. The normalized spacial score (nSPS) is 21.6. The van der Waals surface area contributed by atoms with Crippen LogP contribution in [0.1, 0.15) is 32.6 Å². The summed E-state index contributed by atoms with van der Waals surface area (Å²) in [6.45, 7) is 5.46. The second-order valence-electron chi connectivity index (χ2n) is 4.96. The minimum atomic E-state index is 0.667. The van der Waals surface area contributed by atoms with Gasteiger partial charge >= 0.3 is 0 Å². The van der Waals surface area contributed by atoms with Gasteiger partial charge in [-0.1, -0.05) is 13.3 Å². The Balaban J connectivity index is 1.95. The number of piperidine rings is 1. The summed E-state index contributed by atoms with van der Waals surface area (Å²) in [6, 6.07) is 0.667. The zero-order valence-electron chi connectivity index (χ0n) is 11.0. The second-order valence-corrected chi connectivity index (χ2v) is 4.96. The smallest absolute Gasteiger partial charge is 0.202 e. The molecule has 96 valence electrons. The van der Waals surface area contributed by atoms with Crippen molar-refractivity contribution in [2.75, 3.05) is 25.5 Å². The zero-order chi connectivity index (χ0) is 12.1. The summed E-state index contributed by atoms with van der Waals surface area (Å²) in [5.74, 6) is 1.02. The largest absolute Gasteiger partial charge is 0.356 e. The predicted octanol–water partition coefficient (Wildman–Crippen LogP) is 2.19. The molecule has 2 heterocycles. The molecule has 4 nitrogen and oxygen atoms in total. The van der Waals surface area contributed by atoms with Gasteiger partial charge in [0, 0.05) is 31.5 Å². The van der Waals surface area contributed by atoms with Gasteiger partial charge in [-0.2, -0.15) is 0 Å². The molecular formula is C13H24N4. The van der Waals surface area contributed by atoms with Gasteiger partial charge in [-0.25, -0.2) is 4.98 Å². The Morgan fingerprint density at radius 2 is 2.35 bits per heavy atom. The Morgan fingerprint density at radius 3 is 3.12 bits per heavy atom. The van der Waals surface area contributed by atoms with Crippen LogP contribution in [0, 0.1) is 0 Å². The quantitative estimate of drug-likeness (QED) is 0.850. The van der Waals surface area contributed by atoms with E-state index in [1.807, 2.05) is 6.20 Å². The van der Waals surface area contributed by atoms with Crippen LogP contribution in [0.3, 0.4) is 0 Å². The Bertz CT molecular complexity index is 334. The van der Waals surface area contributed by atoms with Crippen molar-refractivity contribution in [1.29, 1.82) is 0 Å². The highest BCUT2D eigenvalue weighted by Gasteiger charge is 2.19. The van der Waals surface area contributed by atoms with Gasteiger partial charge in [0.05, 0.1) is 0 Å². The molecular weight excluding hydrogens is 212 g/mol. The molecule has 17 heavy (non-hydrogen) atoms. The van der Waals surface area contributed by atoms with Crippen LogP contribution < -0.4 is 5.32 Å². The second kappa shape index (κ2) is 6.05. The minimum absolute atomic E-state index is 0.667. The van der Waals surface area contributed by atoms with Crippen LogP contribution in [0.25, 0.3) is 0 Å². The van der Waals surface area contributed by atoms with Crippen LogP contribution in [-0.2, 0) is 6.54 Å². The van der Waals surface area contributed by atoms with Gasteiger partial charge < -0.3 is 14.8 Å². The van der Waals surface area contributed by atoms with Crippen LogP contribution in [0.15, 0.2) is 12.4 Å². The van der Waals surface area contributed by atoms with Crippen LogP contribution in [0.4, 0.5) is 5.95 Å². The first-order valence-corrected chi connectivity index (χ1v) is 6.76. The molecule has 1 saturated heterocycles.